The van der Waals surface area contributed by atoms with Crippen molar-refractivity contribution >= 4 is 23.9 Å². The summed E-state index contributed by atoms with van der Waals surface area (Å²) in [6.07, 6.45) is 8.91. The molecule has 1 aromatic rings. The van der Waals surface area contributed by atoms with Crippen LogP contribution in [0, 0.1) is 5.92 Å². The minimum atomic E-state index is -0.634. The van der Waals surface area contributed by atoms with E-state index in [0.29, 0.717) is 13.1 Å². The van der Waals surface area contributed by atoms with E-state index in [4.69, 9.17) is 0 Å². The number of carbonyl (C=O) groups excluding carboxylic acids is 3. The third-order valence-electron chi connectivity index (χ3n) is 8.52. The van der Waals surface area contributed by atoms with Crippen LogP contribution in [0.1, 0.15) is 70.3 Å². The lowest BCUT2D eigenvalue weighted by molar-refractivity contribution is -0.148. The number of carbonyl (C=O) groups is 3. The topological polar surface area (TPSA) is 94.1 Å². The van der Waals surface area contributed by atoms with E-state index >= 15 is 0 Å². The molecule has 4 rings (SSSR count). The maximum atomic E-state index is 14.2. The van der Waals surface area contributed by atoms with E-state index in [-0.39, 0.29) is 35.6 Å². The number of hydrogen-bond acceptors (Lipinski definition) is 5. The smallest absolute Gasteiger partial charge is 0.269 e. The van der Waals surface area contributed by atoms with Gasteiger partial charge in [0.25, 0.3) is 5.91 Å². The zero-order valence-electron chi connectivity index (χ0n) is 22.6. The molecule has 2 aliphatic heterocycles. The highest BCUT2D eigenvalue weighted by atomic mass is 16.2. The third kappa shape index (κ3) is 6.65. The van der Waals surface area contributed by atoms with Gasteiger partial charge in [0.2, 0.25) is 11.8 Å². The van der Waals surface area contributed by atoms with E-state index in [1.165, 1.54) is 0 Å². The molecule has 2 saturated heterocycles. The van der Waals surface area contributed by atoms with Gasteiger partial charge in [-0.3, -0.25) is 19.3 Å². The first-order chi connectivity index (χ1) is 17.9. The molecule has 1 aliphatic carbocycles. The number of piperazine rings is 1. The normalized spacial score (nSPS) is 25.4. The number of likely N-dealkylation sites (N-methyl/N-ethyl adjacent to an activating group) is 1. The molecule has 0 bridgehead atoms. The predicted octanol–water partition coefficient (Wildman–Crippen LogP) is 2.74. The Labute approximate surface area is 221 Å². The molecule has 2 N–H and O–H groups in total. The average Bonchev–Trinajstić information content (AvgIpc) is 3.41. The van der Waals surface area contributed by atoms with Crippen molar-refractivity contribution in [3.05, 3.63) is 35.9 Å². The molecule has 3 fully saturated rings. The first-order valence-corrected chi connectivity index (χ1v) is 14.0. The van der Waals surface area contributed by atoms with Crippen molar-refractivity contribution < 1.29 is 14.4 Å². The number of aliphatic imine (C=N–C) groups is 1. The zero-order valence-corrected chi connectivity index (χ0v) is 22.6. The summed E-state index contributed by atoms with van der Waals surface area (Å²) in [5.41, 5.74) is 1.09. The van der Waals surface area contributed by atoms with E-state index in [1.54, 1.807) is 25.1 Å². The van der Waals surface area contributed by atoms with Crippen LogP contribution < -0.4 is 10.6 Å². The lowest BCUT2D eigenvalue weighted by Gasteiger charge is -2.44. The van der Waals surface area contributed by atoms with Gasteiger partial charge in [-0.2, -0.15) is 0 Å². The largest absolute Gasteiger partial charge is 0.343 e. The number of amides is 3. The molecule has 37 heavy (non-hydrogen) atoms. The second-order valence-corrected chi connectivity index (χ2v) is 11.0. The molecule has 8 heteroatoms. The first kappa shape index (κ1) is 27.5. The van der Waals surface area contributed by atoms with Crippen LogP contribution in [0.4, 0.5) is 0 Å². The molecule has 0 aromatic heterocycles. The van der Waals surface area contributed by atoms with Gasteiger partial charge in [-0.15, -0.1) is 0 Å². The van der Waals surface area contributed by atoms with Gasteiger partial charge < -0.3 is 15.5 Å². The molecule has 3 amide bonds. The number of hydrogen-bond donors (Lipinski definition) is 2. The Hall–Kier alpha value is -2.58. The molecule has 3 aliphatic rings. The molecule has 1 unspecified atom stereocenters. The average molecular weight is 510 g/mol. The third-order valence-corrected chi connectivity index (χ3v) is 8.52. The van der Waals surface area contributed by atoms with Crippen LogP contribution in [0.3, 0.4) is 0 Å². The quantitative estimate of drug-likeness (QED) is 0.526. The molecule has 0 radical (unpaired) electrons. The standard InChI is InChI=1S/C29H43N5O3/c1-20(22-11-6-4-7-12-22)17-31-28(36)25-19-33-16-10-15-24(33)18-34(25)29(37)26(23-13-8-5-9-14-23)32-27(35)21(2)30-3/h4,6-7,11-12,17,20-21,23-26,30H,5,8-10,13-16,18-19H2,1-3H3,(H,32,35)/t20?,21-,24+,25-,26-/m0/s1. The molecular formula is C29H43N5O3. The minimum Gasteiger partial charge on any atom is -0.343 e. The fourth-order valence-corrected chi connectivity index (χ4v) is 6.02. The van der Waals surface area contributed by atoms with Gasteiger partial charge >= 0.3 is 0 Å². The maximum absolute atomic E-state index is 14.2. The van der Waals surface area contributed by atoms with Crippen molar-refractivity contribution in [2.24, 2.45) is 10.9 Å². The molecule has 0 spiro atoms. The number of nitrogens with zero attached hydrogens (tertiary/aromatic N) is 3. The van der Waals surface area contributed by atoms with Crippen molar-refractivity contribution in [2.45, 2.75) is 88.9 Å². The summed E-state index contributed by atoms with van der Waals surface area (Å²) in [5, 5.41) is 6.04. The number of benzene rings is 1. The van der Waals surface area contributed by atoms with Crippen molar-refractivity contribution in [3.8, 4) is 0 Å². The van der Waals surface area contributed by atoms with Crippen molar-refractivity contribution in [3.63, 3.8) is 0 Å². The van der Waals surface area contributed by atoms with Gasteiger partial charge in [0.1, 0.15) is 12.1 Å². The van der Waals surface area contributed by atoms with Crippen LogP contribution in [0.2, 0.25) is 0 Å². The maximum Gasteiger partial charge on any atom is 0.269 e. The Balaban J connectivity index is 1.56. The monoisotopic (exact) mass is 509 g/mol. The summed E-state index contributed by atoms with van der Waals surface area (Å²) in [4.78, 5) is 49.0. The summed E-state index contributed by atoms with van der Waals surface area (Å²) in [5.74, 6) is -0.495. The lowest BCUT2D eigenvalue weighted by Crippen LogP contribution is -2.65. The Morgan fingerprint density at radius 3 is 2.43 bits per heavy atom. The fourth-order valence-electron chi connectivity index (χ4n) is 6.02. The predicted molar refractivity (Wildman–Crippen MR) is 145 cm³/mol. The Morgan fingerprint density at radius 2 is 1.73 bits per heavy atom. The van der Waals surface area contributed by atoms with Crippen LogP contribution in [0.5, 0.6) is 0 Å². The SMILES string of the molecule is CN[C@@H](C)C(=O)N[C@H](C(=O)N1C[C@H]2CCCN2C[C@H]1C(=O)N=CC(C)c1ccccc1)C1CCCCC1. The summed E-state index contributed by atoms with van der Waals surface area (Å²) in [7, 11) is 1.74. The summed E-state index contributed by atoms with van der Waals surface area (Å²) < 4.78 is 0. The Bertz CT molecular complexity index is 962. The highest BCUT2D eigenvalue weighted by molar-refractivity contribution is 5.96. The molecule has 2 heterocycles. The van der Waals surface area contributed by atoms with E-state index < -0.39 is 18.1 Å². The Kier molecular flexibility index (Phi) is 9.49. The van der Waals surface area contributed by atoms with Gasteiger partial charge in [-0.25, -0.2) is 4.99 Å². The van der Waals surface area contributed by atoms with Crippen LogP contribution in [0.25, 0.3) is 0 Å². The molecule has 202 valence electrons. The second-order valence-electron chi connectivity index (χ2n) is 11.0. The fraction of sp³-hybridized carbons (Fsp3) is 0.655. The van der Waals surface area contributed by atoms with Crippen LogP contribution in [0.15, 0.2) is 35.3 Å². The van der Waals surface area contributed by atoms with Gasteiger partial charge in [-0.1, -0.05) is 56.5 Å². The van der Waals surface area contributed by atoms with Crippen molar-refractivity contribution in [1.29, 1.82) is 0 Å². The highest BCUT2D eigenvalue weighted by Gasteiger charge is 2.45. The lowest BCUT2D eigenvalue weighted by atomic mass is 9.82. The van der Waals surface area contributed by atoms with E-state index in [0.717, 1.165) is 57.1 Å². The number of rotatable bonds is 8. The summed E-state index contributed by atoms with van der Waals surface area (Å²) >= 11 is 0. The van der Waals surface area contributed by atoms with Crippen LogP contribution in [-0.4, -0.2) is 84.6 Å². The van der Waals surface area contributed by atoms with Crippen molar-refractivity contribution in [1.82, 2.24) is 20.4 Å². The summed E-state index contributed by atoms with van der Waals surface area (Å²) in [6, 6.07) is 8.59. The molecule has 1 saturated carbocycles. The second kappa shape index (κ2) is 12.8. The molecule has 1 aromatic carbocycles. The van der Waals surface area contributed by atoms with Crippen LogP contribution in [-0.2, 0) is 14.4 Å². The minimum absolute atomic E-state index is 0.00488. The van der Waals surface area contributed by atoms with Gasteiger partial charge in [0.15, 0.2) is 0 Å². The number of nitrogens with one attached hydrogen (secondary N) is 2. The van der Waals surface area contributed by atoms with Gasteiger partial charge in [-0.05, 0) is 57.7 Å². The molecular weight excluding hydrogens is 466 g/mol. The molecule has 8 nitrogen and oxygen atoms in total. The van der Waals surface area contributed by atoms with Crippen molar-refractivity contribution in [2.75, 3.05) is 26.7 Å². The Morgan fingerprint density at radius 1 is 1.00 bits per heavy atom. The zero-order chi connectivity index (χ0) is 26.4. The number of fused-ring (bicyclic) bond motifs is 1. The summed E-state index contributed by atoms with van der Waals surface area (Å²) in [6.45, 7) is 5.78. The first-order valence-electron chi connectivity index (χ1n) is 14.0. The van der Waals surface area contributed by atoms with Crippen LogP contribution >= 0.6 is 0 Å². The molecule has 5 atom stereocenters. The van der Waals surface area contributed by atoms with Gasteiger partial charge in [0, 0.05) is 31.3 Å². The van der Waals surface area contributed by atoms with E-state index in [1.807, 2.05) is 37.3 Å². The highest BCUT2D eigenvalue weighted by Crippen LogP contribution is 2.31. The van der Waals surface area contributed by atoms with E-state index in [2.05, 4.69) is 20.5 Å². The van der Waals surface area contributed by atoms with Gasteiger partial charge in [0.05, 0.1) is 6.04 Å². The van der Waals surface area contributed by atoms with E-state index in [9.17, 15) is 14.4 Å².